The van der Waals surface area contributed by atoms with Crippen molar-refractivity contribution >= 4 is 70.5 Å². The van der Waals surface area contributed by atoms with Crippen LogP contribution in [-0.2, 0) is 62.4 Å². The fourth-order valence-corrected chi connectivity index (χ4v) is 9.11. The summed E-state index contributed by atoms with van der Waals surface area (Å²) < 4.78 is 5.97. The summed E-state index contributed by atoms with van der Waals surface area (Å²) >= 11 is 12.5. The van der Waals surface area contributed by atoms with Crippen LogP contribution in [0, 0.1) is 11.8 Å². The van der Waals surface area contributed by atoms with E-state index in [4.69, 9.17) is 27.9 Å². The summed E-state index contributed by atoms with van der Waals surface area (Å²) in [5.41, 5.74) is 1.82. The molecule has 0 aromatic heterocycles. The number of piperidine rings is 1. The number of benzene rings is 3. The number of aliphatic hydroxyl groups excluding tert-OH is 1. The summed E-state index contributed by atoms with van der Waals surface area (Å²) in [5.74, 6) is -7.23. The maximum Gasteiger partial charge on any atom is 0.329 e. The molecule has 2 bridgehead atoms. The van der Waals surface area contributed by atoms with Gasteiger partial charge in [-0.05, 0) is 99.4 Å². The Morgan fingerprint density at radius 3 is 2.03 bits per heavy atom. The number of ether oxygens (including phenoxy) is 1. The van der Waals surface area contributed by atoms with Crippen LogP contribution < -0.4 is 31.9 Å². The number of carbonyl (C=O) groups excluding carboxylic acids is 8. The van der Waals surface area contributed by atoms with Gasteiger partial charge in [-0.3, -0.25) is 33.6 Å². The van der Waals surface area contributed by atoms with Gasteiger partial charge in [0.2, 0.25) is 41.4 Å². The topological polar surface area (TPSA) is 245 Å². The number of likely N-dealkylation sites (N-methyl/N-ethyl adjacent to an activating group) is 2. The molecule has 382 valence electrons. The number of halogens is 2. The first-order valence-electron chi connectivity index (χ1n) is 24.0. The average Bonchev–Trinajstić information content (AvgIpc) is 4.19. The SMILES string of the molecule is CN[C@@H](C)C(=O)NC(Cc1cccc(Cl)c1)C(=O)N[C@@H]1C(=O)N[C@@H](C2CC2)C(=O)N[C@H]2CC[C@@H](O)N(C2=O)[C@@H](Cc2ccc(Cl)cc2)C(=O)N(C)[C@@H](Cc2ccccc2)C(=O)N[C@@H](C(C)C)C(=O)O[C@@H]1C. The van der Waals surface area contributed by atoms with Gasteiger partial charge in [-0.2, -0.15) is 0 Å². The summed E-state index contributed by atoms with van der Waals surface area (Å²) in [6.45, 7) is 6.29. The number of aliphatic hydroxyl groups is 1. The first-order valence-corrected chi connectivity index (χ1v) is 24.7. The molecule has 6 rings (SSSR count). The maximum absolute atomic E-state index is 15.1. The molecule has 1 aliphatic carbocycles. The molecule has 1 saturated carbocycles. The van der Waals surface area contributed by atoms with E-state index in [1.165, 1.54) is 18.9 Å². The van der Waals surface area contributed by atoms with Crippen molar-refractivity contribution in [3.05, 3.63) is 106 Å². The molecule has 3 aromatic rings. The lowest BCUT2D eigenvalue weighted by Crippen LogP contribution is -2.65. The number of hydrogen-bond donors (Lipinski definition) is 7. The number of amides is 7. The minimum atomic E-state index is -1.68. The fourth-order valence-electron chi connectivity index (χ4n) is 8.77. The van der Waals surface area contributed by atoms with Crippen LogP contribution in [-0.4, -0.2) is 137 Å². The van der Waals surface area contributed by atoms with E-state index in [9.17, 15) is 38.7 Å². The van der Waals surface area contributed by atoms with Gasteiger partial charge in [-0.1, -0.05) is 91.6 Å². The molecule has 71 heavy (non-hydrogen) atoms. The monoisotopic (exact) mass is 1020 g/mol. The van der Waals surface area contributed by atoms with E-state index < -0.39 is 114 Å². The smallest absolute Gasteiger partial charge is 0.329 e. The van der Waals surface area contributed by atoms with Crippen molar-refractivity contribution < 1.29 is 48.2 Å². The first kappa shape index (κ1) is 54.3. The number of carbonyl (C=O) groups is 8. The second kappa shape index (κ2) is 24.4. The molecule has 0 spiro atoms. The molecule has 0 radical (unpaired) electrons. The van der Waals surface area contributed by atoms with Crippen molar-refractivity contribution in [3.8, 4) is 0 Å². The third-order valence-corrected chi connectivity index (χ3v) is 13.8. The lowest BCUT2D eigenvalue weighted by Gasteiger charge is -2.43. The number of nitrogens with zero attached hydrogens (tertiary/aromatic N) is 2. The molecule has 3 aromatic carbocycles. The van der Waals surface area contributed by atoms with E-state index in [-0.39, 0.29) is 38.0 Å². The third-order valence-electron chi connectivity index (χ3n) is 13.3. The summed E-state index contributed by atoms with van der Waals surface area (Å²) in [7, 11) is 2.98. The van der Waals surface area contributed by atoms with Crippen molar-refractivity contribution in [1.82, 2.24) is 41.7 Å². The fraction of sp³-hybridized carbons (Fsp3) is 0.490. The normalized spacial score (nSPS) is 25.9. The van der Waals surface area contributed by atoms with Crippen LogP contribution in [0.1, 0.15) is 70.1 Å². The lowest BCUT2D eigenvalue weighted by molar-refractivity contribution is -0.165. The molecule has 20 heteroatoms. The molecule has 7 amide bonds. The Bertz CT molecular complexity index is 2420. The van der Waals surface area contributed by atoms with Crippen LogP contribution in [0.15, 0.2) is 78.9 Å². The van der Waals surface area contributed by atoms with E-state index in [1.807, 2.05) is 0 Å². The Morgan fingerprint density at radius 2 is 1.39 bits per heavy atom. The maximum atomic E-state index is 15.1. The number of hydrogen-bond acceptors (Lipinski definition) is 11. The lowest BCUT2D eigenvalue weighted by atomic mass is 9.95. The molecule has 1 unspecified atom stereocenters. The number of nitrogens with one attached hydrogen (secondary N) is 6. The van der Waals surface area contributed by atoms with Crippen LogP contribution in [0.3, 0.4) is 0 Å². The number of rotatable bonds is 13. The highest BCUT2D eigenvalue weighted by atomic mass is 35.5. The van der Waals surface area contributed by atoms with Gasteiger partial charge in [0.05, 0.1) is 6.04 Å². The van der Waals surface area contributed by atoms with Crippen LogP contribution in [0.4, 0.5) is 0 Å². The highest BCUT2D eigenvalue weighted by Gasteiger charge is 2.47. The standard InChI is InChI=1S/C51H64Cl2N8O10/c1-27(2)41-51(70)71-29(4)42(58-45(64)37(56-44(63)28(3)54-5)24-32-13-10-14-35(53)23-32)47(66)59-43(33-17-18-33)48(67)55-36-21-22-40(62)61(49(36)68)39(26-31-15-19-34(52)20-16-31)50(69)60(6)38(46(65)57-41)25-30-11-8-7-9-12-30/h7-16,19-20,23,27-29,33,36-43,54,62H,17-18,21-22,24-26H2,1-6H3,(H,55,67)(H,56,63)(H,57,65)(H,58,64)(H,59,66)/t28-,29+,36-,37?,38-,39-,40+,41-,42-,43-/m0/s1. The molecular weight excluding hydrogens is 956 g/mol. The minimum Gasteiger partial charge on any atom is -0.458 e. The van der Waals surface area contributed by atoms with E-state index in [2.05, 4.69) is 31.9 Å². The first-order chi connectivity index (χ1) is 33.8. The quantitative estimate of drug-likeness (QED) is 0.123. The summed E-state index contributed by atoms with van der Waals surface area (Å²) in [5, 5.41) is 28.9. The summed E-state index contributed by atoms with van der Waals surface area (Å²) in [6.07, 6.45) is -2.14. The van der Waals surface area contributed by atoms with E-state index in [0.29, 0.717) is 39.6 Å². The Labute approximate surface area is 423 Å². The Balaban J connectivity index is 1.42. The molecule has 3 aliphatic rings. The van der Waals surface area contributed by atoms with Gasteiger partial charge in [-0.25, -0.2) is 4.79 Å². The summed E-state index contributed by atoms with van der Waals surface area (Å²) in [4.78, 5) is 118. The van der Waals surface area contributed by atoms with Gasteiger partial charge in [-0.15, -0.1) is 0 Å². The number of esters is 1. The van der Waals surface area contributed by atoms with Crippen LogP contribution in [0.5, 0.6) is 0 Å². The van der Waals surface area contributed by atoms with Crippen LogP contribution in [0.25, 0.3) is 0 Å². The van der Waals surface area contributed by atoms with Gasteiger partial charge in [0, 0.05) is 36.4 Å². The average molecular weight is 1020 g/mol. The van der Waals surface area contributed by atoms with Gasteiger partial charge >= 0.3 is 5.97 Å². The highest BCUT2D eigenvalue weighted by molar-refractivity contribution is 6.30. The molecule has 18 nitrogen and oxygen atoms in total. The van der Waals surface area contributed by atoms with E-state index in [0.717, 1.165) is 4.90 Å². The van der Waals surface area contributed by atoms with Crippen LogP contribution >= 0.6 is 23.2 Å². The van der Waals surface area contributed by atoms with Gasteiger partial charge in [0.1, 0.15) is 54.6 Å². The summed E-state index contributed by atoms with van der Waals surface area (Å²) in [6, 6.07) is 11.9. The third kappa shape index (κ3) is 14.1. The highest BCUT2D eigenvalue weighted by Crippen LogP contribution is 2.34. The van der Waals surface area contributed by atoms with Crippen LogP contribution in [0.2, 0.25) is 10.0 Å². The van der Waals surface area contributed by atoms with Gasteiger partial charge < -0.3 is 51.5 Å². The number of cyclic esters (lactones) is 1. The number of fused-ring (bicyclic) bond motifs is 2. The molecule has 10 atom stereocenters. The predicted molar refractivity (Wildman–Crippen MR) is 264 cm³/mol. The van der Waals surface area contributed by atoms with Crippen molar-refractivity contribution in [2.75, 3.05) is 14.1 Å². The molecule has 2 aliphatic heterocycles. The van der Waals surface area contributed by atoms with Gasteiger partial charge in [0.25, 0.3) is 0 Å². The molecule has 7 N–H and O–H groups in total. The van der Waals surface area contributed by atoms with E-state index >= 15 is 4.79 Å². The Kier molecular flexibility index (Phi) is 18.6. The van der Waals surface area contributed by atoms with Gasteiger partial charge in [0.15, 0.2) is 0 Å². The van der Waals surface area contributed by atoms with Crippen molar-refractivity contribution in [3.63, 3.8) is 0 Å². The zero-order chi connectivity index (χ0) is 51.7. The molecule has 3 fully saturated rings. The molecule has 2 heterocycles. The Morgan fingerprint density at radius 1 is 0.746 bits per heavy atom. The predicted octanol–water partition coefficient (Wildman–Crippen LogP) is 2.20. The van der Waals surface area contributed by atoms with Crippen molar-refractivity contribution in [2.24, 2.45) is 11.8 Å². The van der Waals surface area contributed by atoms with Crippen molar-refractivity contribution in [2.45, 2.75) is 133 Å². The zero-order valence-electron chi connectivity index (χ0n) is 40.7. The molecule has 2 saturated heterocycles. The Hall–Kier alpha value is -6.08. The second-order valence-electron chi connectivity index (χ2n) is 19.0. The second-order valence-corrected chi connectivity index (χ2v) is 19.8. The minimum absolute atomic E-state index is 0.0154. The van der Waals surface area contributed by atoms with Crippen molar-refractivity contribution in [1.29, 1.82) is 0 Å². The van der Waals surface area contributed by atoms with E-state index in [1.54, 1.807) is 107 Å². The largest absolute Gasteiger partial charge is 0.458 e. The zero-order valence-corrected chi connectivity index (χ0v) is 42.2. The molecular formula is C51H64Cl2N8O10.